The molecule has 2 nitrogen and oxygen atoms in total. The summed E-state index contributed by atoms with van der Waals surface area (Å²) >= 11 is 1.69. The molecule has 0 saturated carbocycles. The van der Waals surface area contributed by atoms with E-state index in [0.29, 0.717) is 6.54 Å². The summed E-state index contributed by atoms with van der Waals surface area (Å²) in [5, 5.41) is 0. The van der Waals surface area contributed by atoms with Gasteiger partial charge in [0.1, 0.15) is 11.6 Å². The molecule has 90 valence electrons. The predicted octanol–water partition coefficient (Wildman–Crippen LogP) is 3.31. The normalized spacial score (nSPS) is 10.7. The Bertz CT molecular complexity index is 470. The lowest BCUT2D eigenvalue weighted by Crippen LogP contribution is -2.01. The van der Waals surface area contributed by atoms with Gasteiger partial charge in [-0.2, -0.15) is 0 Å². The zero-order valence-corrected chi connectivity index (χ0v) is 10.2. The molecular formula is C13H14FNOS. The van der Waals surface area contributed by atoms with E-state index in [-0.39, 0.29) is 5.82 Å². The lowest BCUT2D eigenvalue weighted by molar-refractivity contribution is 0.530. The number of furan rings is 1. The summed E-state index contributed by atoms with van der Waals surface area (Å²) in [6, 6.07) is 8.55. The van der Waals surface area contributed by atoms with Gasteiger partial charge in [-0.05, 0) is 35.4 Å². The Balaban J connectivity index is 1.96. The van der Waals surface area contributed by atoms with Crippen LogP contribution in [0.3, 0.4) is 0 Å². The highest BCUT2D eigenvalue weighted by molar-refractivity contribution is 7.97. The summed E-state index contributed by atoms with van der Waals surface area (Å²) in [5.74, 6) is 2.25. The maximum Gasteiger partial charge on any atom is 0.123 e. The van der Waals surface area contributed by atoms with Crippen LogP contribution in [0.2, 0.25) is 0 Å². The van der Waals surface area contributed by atoms with Crippen LogP contribution in [0.4, 0.5) is 4.39 Å². The third-order valence-electron chi connectivity index (χ3n) is 2.47. The van der Waals surface area contributed by atoms with Gasteiger partial charge >= 0.3 is 0 Å². The first-order valence-electron chi connectivity index (χ1n) is 5.37. The summed E-state index contributed by atoms with van der Waals surface area (Å²) in [4.78, 5) is 0. The SMILES string of the molecule is NCc1ccc(F)cc1CSCc1ccco1. The zero-order valence-electron chi connectivity index (χ0n) is 9.36. The summed E-state index contributed by atoms with van der Waals surface area (Å²) in [6.45, 7) is 0.441. The van der Waals surface area contributed by atoms with Gasteiger partial charge in [0.2, 0.25) is 0 Å². The Kier molecular flexibility index (Phi) is 4.23. The first kappa shape index (κ1) is 12.2. The molecule has 1 aromatic carbocycles. The molecule has 0 aliphatic heterocycles. The number of hydrogen-bond acceptors (Lipinski definition) is 3. The lowest BCUT2D eigenvalue weighted by atomic mass is 10.1. The highest BCUT2D eigenvalue weighted by atomic mass is 32.2. The fourth-order valence-electron chi connectivity index (χ4n) is 1.58. The molecule has 0 atom stereocenters. The van der Waals surface area contributed by atoms with Crippen LogP contribution in [0, 0.1) is 5.82 Å². The minimum Gasteiger partial charge on any atom is -0.468 e. The Morgan fingerprint density at radius 3 is 2.76 bits per heavy atom. The summed E-state index contributed by atoms with van der Waals surface area (Å²) in [5.41, 5.74) is 7.58. The van der Waals surface area contributed by atoms with E-state index in [9.17, 15) is 4.39 Å². The van der Waals surface area contributed by atoms with Crippen LogP contribution in [0.1, 0.15) is 16.9 Å². The standard InChI is InChI=1S/C13H14FNOS/c14-12-4-3-10(7-15)11(6-12)8-17-9-13-2-1-5-16-13/h1-6H,7-9,15H2. The van der Waals surface area contributed by atoms with Gasteiger partial charge in [-0.15, -0.1) is 11.8 Å². The van der Waals surface area contributed by atoms with Gasteiger partial charge in [0.05, 0.1) is 12.0 Å². The Morgan fingerprint density at radius 1 is 1.18 bits per heavy atom. The molecule has 1 heterocycles. The number of benzene rings is 1. The van der Waals surface area contributed by atoms with E-state index in [2.05, 4.69) is 0 Å². The van der Waals surface area contributed by atoms with Crippen molar-refractivity contribution in [2.24, 2.45) is 5.73 Å². The van der Waals surface area contributed by atoms with Crippen molar-refractivity contribution >= 4 is 11.8 Å². The Morgan fingerprint density at radius 2 is 2.06 bits per heavy atom. The molecule has 0 aliphatic carbocycles. The van der Waals surface area contributed by atoms with Crippen molar-refractivity contribution in [3.8, 4) is 0 Å². The first-order chi connectivity index (χ1) is 8.29. The minimum atomic E-state index is -0.212. The second-order valence-electron chi connectivity index (χ2n) is 3.69. The van der Waals surface area contributed by atoms with Crippen LogP contribution in [0.15, 0.2) is 41.0 Å². The van der Waals surface area contributed by atoms with Gasteiger partial charge in [0, 0.05) is 12.3 Å². The zero-order chi connectivity index (χ0) is 12.1. The molecule has 0 aliphatic rings. The third-order valence-corrected chi connectivity index (χ3v) is 3.47. The van der Waals surface area contributed by atoms with E-state index in [0.717, 1.165) is 28.4 Å². The number of rotatable bonds is 5. The van der Waals surface area contributed by atoms with Crippen LogP contribution in [-0.4, -0.2) is 0 Å². The van der Waals surface area contributed by atoms with E-state index < -0.39 is 0 Å². The van der Waals surface area contributed by atoms with Crippen molar-refractivity contribution in [2.45, 2.75) is 18.1 Å². The molecule has 4 heteroatoms. The van der Waals surface area contributed by atoms with Crippen molar-refractivity contribution in [3.05, 3.63) is 59.3 Å². The van der Waals surface area contributed by atoms with Crippen LogP contribution in [0.25, 0.3) is 0 Å². The van der Waals surface area contributed by atoms with Crippen molar-refractivity contribution in [1.29, 1.82) is 0 Å². The third kappa shape index (κ3) is 3.35. The molecule has 0 unspecified atom stereocenters. The fraction of sp³-hybridized carbons (Fsp3) is 0.231. The summed E-state index contributed by atoms with van der Waals surface area (Å²) < 4.78 is 18.3. The van der Waals surface area contributed by atoms with Gasteiger partial charge in [0.25, 0.3) is 0 Å². The van der Waals surface area contributed by atoms with Crippen molar-refractivity contribution in [2.75, 3.05) is 0 Å². The topological polar surface area (TPSA) is 39.2 Å². The van der Waals surface area contributed by atoms with Crippen LogP contribution in [-0.2, 0) is 18.1 Å². The Hall–Kier alpha value is -1.26. The smallest absolute Gasteiger partial charge is 0.123 e. The highest BCUT2D eigenvalue weighted by Gasteiger charge is 2.04. The number of halogens is 1. The number of hydrogen-bond donors (Lipinski definition) is 1. The average molecular weight is 251 g/mol. The molecule has 0 bridgehead atoms. The molecule has 1 aromatic heterocycles. The molecule has 0 fully saturated rings. The molecule has 2 aromatic rings. The van der Waals surface area contributed by atoms with E-state index in [1.165, 1.54) is 6.07 Å². The predicted molar refractivity (Wildman–Crippen MR) is 68.0 cm³/mol. The molecule has 2 N–H and O–H groups in total. The average Bonchev–Trinajstić information content (AvgIpc) is 2.82. The molecule has 0 spiro atoms. The summed E-state index contributed by atoms with van der Waals surface area (Å²) in [7, 11) is 0. The van der Waals surface area contributed by atoms with E-state index in [4.69, 9.17) is 10.2 Å². The lowest BCUT2D eigenvalue weighted by Gasteiger charge is -2.07. The van der Waals surface area contributed by atoms with Gasteiger partial charge in [-0.25, -0.2) is 4.39 Å². The van der Waals surface area contributed by atoms with Gasteiger partial charge in [-0.1, -0.05) is 6.07 Å². The fourth-order valence-corrected chi connectivity index (χ4v) is 2.54. The van der Waals surface area contributed by atoms with Crippen molar-refractivity contribution in [3.63, 3.8) is 0 Å². The number of thioether (sulfide) groups is 1. The van der Waals surface area contributed by atoms with E-state index in [1.807, 2.05) is 12.1 Å². The molecule has 0 amide bonds. The summed E-state index contributed by atoms with van der Waals surface area (Å²) in [6.07, 6.45) is 1.66. The maximum absolute atomic E-state index is 13.1. The van der Waals surface area contributed by atoms with E-state index in [1.54, 1.807) is 30.2 Å². The second kappa shape index (κ2) is 5.89. The molecule has 0 saturated heterocycles. The van der Waals surface area contributed by atoms with Crippen molar-refractivity contribution < 1.29 is 8.81 Å². The largest absolute Gasteiger partial charge is 0.468 e. The van der Waals surface area contributed by atoms with Crippen LogP contribution < -0.4 is 5.73 Å². The maximum atomic E-state index is 13.1. The van der Waals surface area contributed by atoms with Crippen molar-refractivity contribution in [1.82, 2.24) is 0 Å². The minimum absolute atomic E-state index is 0.212. The van der Waals surface area contributed by atoms with Gasteiger partial charge in [0.15, 0.2) is 0 Å². The molecule has 17 heavy (non-hydrogen) atoms. The molecular weight excluding hydrogens is 237 g/mol. The van der Waals surface area contributed by atoms with Crippen LogP contribution >= 0.6 is 11.8 Å². The quantitative estimate of drug-likeness (QED) is 0.886. The highest BCUT2D eigenvalue weighted by Crippen LogP contribution is 2.21. The van der Waals surface area contributed by atoms with Gasteiger partial charge in [-0.3, -0.25) is 0 Å². The monoisotopic (exact) mass is 251 g/mol. The molecule has 2 rings (SSSR count). The number of nitrogens with two attached hydrogens (primary N) is 1. The Labute approximate surface area is 104 Å². The van der Waals surface area contributed by atoms with E-state index >= 15 is 0 Å². The van der Waals surface area contributed by atoms with Crippen LogP contribution in [0.5, 0.6) is 0 Å². The first-order valence-corrected chi connectivity index (χ1v) is 6.52. The second-order valence-corrected chi connectivity index (χ2v) is 4.67. The molecule has 0 radical (unpaired) electrons. The van der Waals surface area contributed by atoms with Gasteiger partial charge < -0.3 is 10.2 Å².